The van der Waals surface area contributed by atoms with Crippen molar-refractivity contribution >= 4 is 27.8 Å². The Morgan fingerprint density at radius 1 is 1.29 bits per heavy atom. The number of aromatic nitrogens is 2. The number of hydroxylamine groups is 2. The van der Waals surface area contributed by atoms with Crippen LogP contribution in [0.4, 0.5) is 0 Å². The van der Waals surface area contributed by atoms with Crippen molar-refractivity contribution in [3.05, 3.63) is 29.6 Å². The van der Waals surface area contributed by atoms with Crippen molar-refractivity contribution in [3.8, 4) is 0 Å². The Morgan fingerprint density at radius 2 is 2.00 bits per heavy atom. The average Bonchev–Trinajstić information content (AvgIpc) is 3.02. The van der Waals surface area contributed by atoms with Gasteiger partial charge in [-0.05, 0) is 52.8 Å². The summed E-state index contributed by atoms with van der Waals surface area (Å²) in [5, 5.41) is 1.34. The fraction of sp³-hybridized carbons (Fsp3) is 0.667. The lowest BCUT2D eigenvalue weighted by atomic mass is 9.72. The first-order valence-electron chi connectivity index (χ1n) is 11.0. The number of nitrogens with zero attached hydrogens (tertiary/aromatic N) is 3. The lowest BCUT2D eigenvalue weighted by molar-refractivity contribution is -0.177. The van der Waals surface area contributed by atoms with E-state index in [4.69, 9.17) is 14.6 Å². The van der Waals surface area contributed by atoms with Crippen molar-refractivity contribution in [1.82, 2.24) is 14.6 Å². The fourth-order valence-electron chi connectivity index (χ4n) is 4.04. The molecule has 0 unspecified atom stereocenters. The first kappa shape index (κ1) is 24.1. The van der Waals surface area contributed by atoms with Crippen LogP contribution < -0.4 is 0 Å². The van der Waals surface area contributed by atoms with Gasteiger partial charge in [0.1, 0.15) is 18.3 Å². The summed E-state index contributed by atoms with van der Waals surface area (Å²) in [6.45, 7) is 7.97. The third-order valence-corrected chi connectivity index (χ3v) is 7.17. The van der Waals surface area contributed by atoms with Crippen LogP contribution in [-0.4, -0.2) is 59.6 Å². The van der Waals surface area contributed by atoms with E-state index < -0.39 is 0 Å². The van der Waals surface area contributed by atoms with Gasteiger partial charge in [-0.25, -0.2) is 10.0 Å². The van der Waals surface area contributed by atoms with Gasteiger partial charge in [-0.2, -0.15) is 0 Å². The fourth-order valence-corrected chi connectivity index (χ4v) is 4.49. The summed E-state index contributed by atoms with van der Waals surface area (Å²) in [7, 11) is 3.59. The molecule has 0 spiro atoms. The summed E-state index contributed by atoms with van der Waals surface area (Å²) >= 11 is 0. The smallest absolute Gasteiger partial charge is 0.248 e. The van der Waals surface area contributed by atoms with Crippen LogP contribution in [0.3, 0.4) is 0 Å². The molecule has 0 saturated heterocycles. The molecule has 1 saturated carbocycles. The van der Waals surface area contributed by atoms with Gasteiger partial charge in [-0.15, -0.1) is 0 Å². The number of fused-ring (bicyclic) bond motifs is 1. The average molecular weight is 449 g/mol. The highest BCUT2D eigenvalue weighted by molar-refractivity contribution is 7.95. The molecule has 1 heterocycles. The Hall–Kier alpha value is -1.57. The zero-order valence-corrected chi connectivity index (χ0v) is 20.9. The van der Waals surface area contributed by atoms with Gasteiger partial charge in [-0.1, -0.05) is 26.8 Å². The second-order valence-electron chi connectivity index (χ2n) is 9.89. The van der Waals surface area contributed by atoms with Gasteiger partial charge in [-0.3, -0.25) is 9.63 Å². The number of hydrogen-bond donors (Lipinski definition) is 0. The largest absolute Gasteiger partial charge is 0.356 e. The molecule has 6 nitrogen and oxygen atoms in total. The Labute approximate surface area is 189 Å². The maximum atomic E-state index is 12.3. The van der Waals surface area contributed by atoms with E-state index in [1.54, 1.807) is 7.05 Å². The van der Waals surface area contributed by atoms with Crippen LogP contribution in [0.15, 0.2) is 18.2 Å². The number of benzene rings is 1. The normalized spacial score (nSPS) is 19.1. The minimum Gasteiger partial charge on any atom is -0.356 e. The SMILES string of the molecule is CON(C)C(=O)C1CC(Cc2nc3cc(C(C)(C)C)ccc3n2COCC[S+](C)C)C1. The van der Waals surface area contributed by atoms with Crippen LogP contribution in [0, 0.1) is 11.8 Å². The summed E-state index contributed by atoms with van der Waals surface area (Å²) in [5.41, 5.74) is 3.53. The predicted molar refractivity (Wildman–Crippen MR) is 128 cm³/mol. The molecule has 0 bridgehead atoms. The van der Waals surface area contributed by atoms with Crippen LogP contribution in [0.5, 0.6) is 0 Å². The zero-order chi connectivity index (χ0) is 22.8. The summed E-state index contributed by atoms with van der Waals surface area (Å²) < 4.78 is 8.25. The Morgan fingerprint density at radius 3 is 2.61 bits per heavy atom. The molecular weight excluding hydrogens is 410 g/mol. The van der Waals surface area contributed by atoms with E-state index in [1.807, 2.05) is 0 Å². The van der Waals surface area contributed by atoms with Crippen LogP contribution >= 0.6 is 0 Å². The Bertz CT molecular complexity index is 897. The number of hydrogen-bond acceptors (Lipinski definition) is 4. The minimum absolute atomic E-state index is 0.0588. The van der Waals surface area contributed by atoms with Gasteiger partial charge < -0.3 is 9.30 Å². The van der Waals surface area contributed by atoms with E-state index in [9.17, 15) is 4.79 Å². The third-order valence-electron chi connectivity index (χ3n) is 6.19. The number of carbonyl (C=O) groups is 1. The molecule has 1 aliphatic rings. The first-order valence-corrected chi connectivity index (χ1v) is 13.2. The second-order valence-corrected chi connectivity index (χ2v) is 12.3. The van der Waals surface area contributed by atoms with Crippen LogP contribution in [0.1, 0.15) is 45.0 Å². The summed E-state index contributed by atoms with van der Waals surface area (Å²) in [5.74, 6) is 2.73. The molecule has 1 amide bonds. The highest BCUT2D eigenvalue weighted by atomic mass is 32.2. The van der Waals surface area contributed by atoms with Gasteiger partial charge in [0.15, 0.2) is 0 Å². The maximum absolute atomic E-state index is 12.3. The van der Waals surface area contributed by atoms with E-state index in [0.717, 1.165) is 48.5 Å². The summed E-state index contributed by atoms with van der Waals surface area (Å²) in [6.07, 6.45) is 7.13. The van der Waals surface area contributed by atoms with Crippen LogP contribution in [0.25, 0.3) is 11.0 Å². The van der Waals surface area contributed by atoms with Crippen molar-refractivity contribution in [2.75, 3.05) is 39.0 Å². The molecule has 1 aliphatic carbocycles. The van der Waals surface area contributed by atoms with E-state index in [0.29, 0.717) is 23.5 Å². The summed E-state index contributed by atoms with van der Waals surface area (Å²) in [4.78, 5) is 22.3. The second kappa shape index (κ2) is 9.92. The third kappa shape index (κ3) is 5.82. The predicted octanol–water partition coefficient (Wildman–Crippen LogP) is 3.77. The van der Waals surface area contributed by atoms with Gasteiger partial charge in [0.05, 0.1) is 37.3 Å². The monoisotopic (exact) mass is 448 g/mol. The lowest BCUT2D eigenvalue weighted by Gasteiger charge is -2.35. The van der Waals surface area contributed by atoms with Crippen molar-refractivity contribution in [2.45, 2.75) is 52.2 Å². The van der Waals surface area contributed by atoms with Crippen LogP contribution in [-0.2, 0) is 43.8 Å². The van der Waals surface area contributed by atoms with Crippen molar-refractivity contribution in [2.24, 2.45) is 11.8 Å². The van der Waals surface area contributed by atoms with Gasteiger partial charge in [0, 0.05) is 19.4 Å². The van der Waals surface area contributed by atoms with Crippen molar-refractivity contribution in [1.29, 1.82) is 0 Å². The molecule has 7 heteroatoms. The van der Waals surface area contributed by atoms with Crippen LogP contribution in [0.2, 0.25) is 0 Å². The molecule has 0 atom stereocenters. The minimum atomic E-state index is 0.0588. The van der Waals surface area contributed by atoms with Crippen molar-refractivity contribution < 1.29 is 14.4 Å². The number of ether oxygens (including phenoxy) is 1. The zero-order valence-electron chi connectivity index (χ0n) is 20.1. The maximum Gasteiger partial charge on any atom is 0.248 e. The molecule has 0 N–H and O–H groups in total. The molecule has 0 aliphatic heterocycles. The van der Waals surface area contributed by atoms with E-state index >= 15 is 0 Å². The molecule has 31 heavy (non-hydrogen) atoms. The summed E-state index contributed by atoms with van der Waals surface area (Å²) in [6, 6.07) is 6.60. The molecule has 2 aromatic rings. The topological polar surface area (TPSA) is 56.6 Å². The highest BCUT2D eigenvalue weighted by Gasteiger charge is 2.37. The van der Waals surface area contributed by atoms with Crippen molar-refractivity contribution in [3.63, 3.8) is 0 Å². The molecule has 0 radical (unpaired) electrons. The quantitative estimate of drug-likeness (QED) is 0.333. The number of amides is 1. The number of rotatable bonds is 9. The molecule has 1 aromatic carbocycles. The molecule has 1 fully saturated rings. The molecular formula is C24H38N3O3S+. The first-order chi connectivity index (χ1) is 14.6. The Balaban J connectivity index is 1.76. The molecule has 3 rings (SSSR count). The molecule has 1 aromatic heterocycles. The van der Waals surface area contributed by atoms with Gasteiger partial charge >= 0.3 is 0 Å². The Kier molecular flexibility index (Phi) is 7.71. The lowest BCUT2D eigenvalue weighted by Crippen LogP contribution is -2.40. The van der Waals surface area contributed by atoms with E-state index in [2.05, 4.69) is 56.0 Å². The number of imidazole rings is 1. The standard InChI is InChI=1S/C24H38N3O3S/c1-24(2,3)19-8-9-21-20(15-19)25-22(27(21)16-30-10-11-31(6)7)14-17-12-18(13-17)23(28)26(4)29-5/h8-9,15,17-18H,10-14,16H2,1-7H3/q+1. The molecule has 172 valence electrons. The van der Waals surface area contributed by atoms with Gasteiger partial charge in [0.2, 0.25) is 5.91 Å². The van der Waals surface area contributed by atoms with E-state index in [-0.39, 0.29) is 17.2 Å². The van der Waals surface area contributed by atoms with Gasteiger partial charge in [0.25, 0.3) is 0 Å². The van der Waals surface area contributed by atoms with E-state index in [1.165, 1.54) is 17.7 Å². The highest BCUT2D eigenvalue weighted by Crippen LogP contribution is 2.38. The number of carbonyl (C=O) groups excluding carboxylic acids is 1.